The van der Waals surface area contributed by atoms with Crippen LogP contribution < -0.4 is 11.1 Å². The molecular formula is C25H36N4O3. The maximum Gasteiger partial charge on any atom is 0.259 e. The third kappa shape index (κ3) is 3.17. The fourth-order valence-electron chi connectivity index (χ4n) is 7.92. The van der Waals surface area contributed by atoms with E-state index in [0.29, 0.717) is 17.8 Å². The van der Waals surface area contributed by atoms with Crippen LogP contribution in [0, 0.1) is 45.8 Å². The number of nitrogens with zero attached hydrogens (tertiary/aromatic N) is 2. The molecule has 7 heteroatoms. The molecule has 7 atom stereocenters. The number of nitriles is 1. The van der Waals surface area contributed by atoms with Crippen LogP contribution in [-0.4, -0.2) is 41.2 Å². The van der Waals surface area contributed by atoms with E-state index in [9.17, 15) is 19.6 Å². The summed E-state index contributed by atoms with van der Waals surface area (Å²) in [5.41, 5.74) is 4.43. The number of carbonyl (C=O) groups excluding carboxylic acids is 3. The zero-order valence-electron chi connectivity index (χ0n) is 19.9. The molecule has 32 heavy (non-hydrogen) atoms. The van der Waals surface area contributed by atoms with Gasteiger partial charge in [0, 0.05) is 24.4 Å². The summed E-state index contributed by atoms with van der Waals surface area (Å²) in [6, 6.07) is 2.24. The van der Waals surface area contributed by atoms with Crippen LogP contribution in [0.5, 0.6) is 0 Å². The first-order valence-electron chi connectivity index (χ1n) is 11.9. The van der Waals surface area contributed by atoms with Gasteiger partial charge >= 0.3 is 0 Å². The van der Waals surface area contributed by atoms with E-state index in [2.05, 4.69) is 25.2 Å². The van der Waals surface area contributed by atoms with Crippen molar-refractivity contribution >= 4 is 17.7 Å². The van der Waals surface area contributed by atoms with E-state index in [4.69, 9.17) is 5.73 Å². The number of nitrogens with two attached hydrogens (primary N) is 1. The van der Waals surface area contributed by atoms with Crippen molar-refractivity contribution in [3.8, 4) is 6.07 Å². The highest BCUT2D eigenvalue weighted by Crippen LogP contribution is 2.65. The van der Waals surface area contributed by atoms with E-state index < -0.39 is 11.4 Å². The van der Waals surface area contributed by atoms with Crippen molar-refractivity contribution in [1.29, 1.82) is 5.26 Å². The summed E-state index contributed by atoms with van der Waals surface area (Å²) in [7, 11) is 1.79. The van der Waals surface area contributed by atoms with Crippen molar-refractivity contribution < 1.29 is 14.4 Å². The van der Waals surface area contributed by atoms with Gasteiger partial charge in [-0.05, 0) is 75.5 Å². The molecule has 3 N–H and O–H groups in total. The Morgan fingerprint density at radius 1 is 1.19 bits per heavy atom. The van der Waals surface area contributed by atoms with Gasteiger partial charge in [-0.25, -0.2) is 0 Å². The predicted molar refractivity (Wildman–Crippen MR) is 120 cm³/mol. The summed E-state index contributed by atoms with van der Waals surface area (Å²) in [5, 5.41) is 12.3. The summed E-state index contributed by atoms with van der Waals surface area (Å²) in [5.74, 6) is 0.218. The Kier molecular flexibility index (Phi) is 5.23. The fraction of sp³-hybridized carbons (Fsp3) is 0.760. The summed E-state index contributed by atoms with van der Waals surface area (Å²) >= 11 is 0. The number of nitrogens with one attached hydrogen (secondary N) is 1. The van der Waals surface area contributed by atoms with Crippen LogP contribution in [-0.2, 0) is 14.4 Å². The Morgan fingerprint density at radius 3 is 2.50 bits per heavy atom. The second-order valence-corrected chi connectivity index (χ2v) is 11.6. The monoisotopic (exact) mass is 440 g/mol. The highest BCUT2D eigenvalue weighted by Gasteiger charge is 2.62. The van der Waals surface area contributed by atoms with Crippen molar-refractivity contribution in [2.45, 2.75) is 77.8 Å². The Bertz CT molecular complexity index is 934. The maximum atomic E-state index is 13.2. The molecule has 7 nitrogen and oxygen atoms in total. The molecule has 2 unspecified atom stereocenters. The van der Waals surface area contributed by atoms with Gasteiger partial charge in [-0.1, -0.05) is 19.9 Å². The molecule has 0 aromatic heterocycles. The van der Waals surface area contributed by atoms with Crippen LogP contribution in [0.25, 0.3) is 0 Å². The Hall–Kier alpha value is -2.36. The minimum absolute atomic E-state index is 0.00111. The zero-order chi connectivity index (χ0) is 23.6. The third-order valence-corrected chi connectivity index (χ3v) is 9.50. The van der Waals surface area contributed by atoms with Crippen molar-refractivity contribution in [2.24, 2.45) is 40.2 Å². The van der Waals surface area contributed by atoms with Crippen molar-refractivity contribution in [3.05, 3.63) is 11.6 Å². The lowest BCUT2D eigenvalue weighted by atomic mass is 9.47. The predicted octanol–water partition coefficient (Wildman–Crippen LogP) is 2.52. The SMILES string of the molecule is CN1C(=O)C(C(N)=O)=C[C@@]2(C)C1CC[C@@H]1[C@H]2CC[C@]2(C)C(C(=O)NC(C)(C)C#N)CC[C@@H]12. The normalized spacial score (nSPS) is 41.0. The average molecular weight is 441 g/mol. The summed E-state index contributed by atoms with van der Waals surface area (Å²) in [6.45, 7) is 7.93. The number of rotatable bonds is 3. The highest BCUT2D eigenvalue weighted by molar-refractivity contribution is 6.18. The molecule has 3 aliphatic carbocycles. The molecular weight excluding hydrogens is 404 g/mol. The van der Waals surface area contributed by atoms with Crippen molar-refractivity contribution in [2.75, 3.05) is 7.05 Å². The lowest BCUT2D eigenvalue weighted by Gasteiger charge is -2.60. The van der Waals surface area contributed by atoms with Crippen molar-refractivity contribution in [1.82, 2.24) is 10.2 Å². The highest BCUT2D eigenvalue weighted by atomic mass is 16.2. The number of primary amides is 1. The van der Waals surface area contributed by atoms with Gasteiger partial charge < -0.3 is 16.0 Å². The fourth-order valence-corrected chi connectivity index (χ4v) is 7.92. The average Bonchev–Trinajstić information content (AvgIpc) is 3.07. The van der Waals surface area contributed by atoms with Crippen LogP contribution >= 0.6 is 0 Å². The number of carbonyl (C=O) groups is 3. The van der Waals surface area contributed by atoms with Crippen LogP contribution in [0.4, 0.5) is 0 Å². The molecule has 4 rings (SSSR count). The van der Waals surface area contributed by atoms with Crippen LogP contribution in [0.2, 0.25) is 0 Å². The minimum Gasteiger partial charge on any atom is -0.365 e. The van der Waals surface area contributed by atoms with Crippen LogP contribution in [0.1, 0.15) is 66.2 Å². The first kappa shape index (κ1) is 22.8. The molecule has 4 aliphatic rings. The van der Waals surface area contributed by atoms with Gasteiger partial charge in [-0.3, -0.25) is 14.4 Å². The van der Waals surface area contributed by atoms with Gasteiger partial charge in [0.25, 0.3) is 11.8 Å². The number of hydrogen-bond acceptors (Lipinski definition) is 4. The Labute approximate surface area is 190 Å². The third-order valence-electron chi connectivity index (χ3n) is 9.50. The van der Waals surface area contributed by atoms with Gasteiger partial charge in [0.2, 0.25) is 5.91 Å². The smallest absolute Gasteiger partial charge is 0.259 e. The second-order valence-electron chi connectivity index (χ2n) is 11.6. The molecule has 1 heterocycles. The van der Waals surface area contributed by atoms with Gasteiger partial charge in [0.1, 0.15) is 11.1 Å². The van der Waals surface area contributed by atoms with E-state index >= 15 is 0 Å². The van der Waals surface area contributed by atoms with E-state index in [1.54, 1.807) is 25.8 Å². The van der Waals surface area contributed by atoms with Crippen molar-refractivity contribution in [3.63, 3.8) is 0 Å². The molecule has 0 saturated heterocycles. The summed E-state index contributed by atoms with van der Waals surface area (Å²) in [6.07, 6.45) is 7.55. The molecule has 0 aromatic rings. The van der Waals surface area contributed by atoms with E-state index in [1.165, 1.54) is 0 Å². The topological polar surface area (TPSA) is 116 Å². The number of amides is 3. The lowest BCUT2D eigenvalue weighted by molar-refractivity contribution is -0.145. The van der Waals surface area contributed by atoms with E-state index in [-0.39, 0.29) is 40.2 Å². The largest absolute Gasteiger partial charge is 0.365 e. The first-order chi connectivity index (χ1) is 14.9. The number of likely N-dealkylation sites (N-methyl/N-ethyl adjacent to an activating group) is 1. The van der Waals surface area contributed by atoms with E-state index in [1.807, 2.05) is 6.08 Å². The Balaban J connectivity index is 1.64. The molecule has 174 valence electrons. The molecule has 0 aromatic carbocycles. The first-order valence-corrected chi connectivity index (χ1v) is 11.9. The molecule has 0 bridgehead atoms. The van der Waals surface area contributed by atoms with Gasteiger partial charge in [-0.2, -0.15) is 5.26 Å². The zero-order valence-corrected chi connectivity index (χ0v) is 19.9. The molecule has 0 radical (unpaired) electrons. The summed E-state index contributed by atoms with van der Waals surface area (Å²) in [4.78, 5) is 39.6. The molecule has 3 amide bonds. The number of hydrogen-bond donors (Lipinski definition) is 2. The second kappa shape index (κ2) is 7.33. The van der Waals surface area contributed by atoms with Crippen LogP contribution in [0.3, 0.4) is 0 Å². The maximum absolute atomic E-state index is 13.2. The minimum atomic E-state index is -0.872. The Morgan fingerprint density at radius 2 is 1.88 bits per heavy atom. The lowest BCUT2D eigenvalue weighted by Crippen LogP contribution is -2.61. The molecule has 3 saturated carbocycles. The van der Waals surface area contributed by atoms with Crippen LogP contribution in [0.15, 0.2) is 11.6 Å². The molecule has 3 fully saturated rings. The van der Waals surface area contributed by atoms with Gasteiger partial charge in [0.15, 0.2) is 0 Å². The standard InChI is InChI=1S/C25H36N4O3/c1-23(2,13-26)28-21(31)18-8-7-16-14-6-9-19-25(4,17(14)10-11-24(16,18)3)12-15(20(27)30)22(32)29(19)5/h12,14,16-19H,6-11H2,1-5H3,(H2,27,30)(H,28,31)/t14-,16-,17+,18?,19?,24-,25+/m0/s1. The van der Waals surface area contributed by atoms with Gasteiger partial charge in [-0.15, -0.1) is 0 Å². The quantitative estimate of drug-likeness (QED) is 0.656. The summed E-state index contributed by atoms with van der Waals surface area (Å²) < 4.78 is 0. The number of fused-ring (bicyclic) bond motifs is 5. The molecule has 1 aliphatic heterocycles. The molecule has 0 spiro atoms. The van der Waals surface area contributed by atoms with Gasteiger partial charge in [0.05, 0.1) is 6.07 Å². The van der Waals surface area contributed by atoms with E-state index in [0.717, 1.165) is 38.5 Å².